The topological polar surface area (TPSA) is 73.2 Å². The van der Waals surface area contributed by atoms with Gasteiger partial charge in [-0.3, -0.25) is 4.79 Å². The summed E-state index contributed by atoms with van der Waals surface area (Å²) in [7, 11) is 0. The number of nitrogens with zero attached hydrogens (tertiary/aromatic N) is 2. The van der Waals surface area contributed by atoms with Crippen LogP contribution in [0.5, 0.6) is 5.75 Å². The fourth-order valence-electron chi connectivity index (χ4n) is 5.61. The average molecular weight is 497 g/mol. The van der Waals surface area contributed by atoms with E-state index in [0.717, 1.165) is 78.7 Å². The normalized spacial score (nSPS) is 18.6. The Kier molecular flexibility index (Phi) is 7.97. The summed E-state index contributed by atoms with van der Waals surface area (Å²) in [4.78, 5) is 18.6. The van der Waals surface area contributed by atoms with Crippen LogP contribution in [-0.4, -0.2) is 64.5 Å². The number of likely N-dealkylation sites (tertiary alicyclic amines) is 1. The Morgan fingerprint density at radius 2 is 1.83 bits per heavy atom. The van der Waals surface area contributed by atoms with Crippen LogP contribution < -0.4 is 4.74 Å². The zero-order chi connectivity index (χ0) is 24.2. The second-order valence-electron chi connectivity index (χ2n) is 9.95. The third-order valence-electron chi connectivity index (χ3n) is 7.71. The van der Waals surface area contributed by atoms with Crippen LogP contribution in [-0.2, 0) is 37.4 Å². The van der Waals surface area contributed by atoms with E-state index >= 15 is 0 Å². The molecule has 188 valence electrons. The molecule has 0 aromatic heterocycles. The third kappa shape index (κ3) is 5.69. The Morgan fingerprint density at radius 3 is 2.63 bits per heavy atom. The summed E-state index contributed by atoms with van der Waals surface area (Å²) in [5.74, 6) is 2.87. The van der Waals surface area contributed by atoms with Gasteiger partial charge in [0.25, 0.3) is 0 Å². The minimum Gasteiger partial charge on any atom is -0.493 e. The number of carbonyl (C=O) groups is 1. The second kappa shape index (κ2) is 11.3. The van der Waals surface area contributed by atoms with Crippen LogP contribution >= 0.6 is 11.8 Å². The first-order valence-corrected chi connectivity index (χ1v) is 13.9. The molecule has 7 heteroatoms. The second-order valence-corrected chi connectivity index (χ2v) is 11.1. The molecular formula is C28H36N2O4S. The first-order valence-electron chi connectivity index (χ1n) is 12.9. The summed E-state index contributed by atoms with van der Waals surface area (Å²) in [6.07, 6.45) is 5.01. The minimum absolute atomic E-state index is 0.0790. The summed E-state index contributed by atoms with van der Waals surface area (Å²) in [5.41, 5.74) is 5.30. The molecule has 3 aliphatic heterocycles. The number of fused-ring (bicyclic) bond motifs is 2. The smallest absolute Gasteiger partial charge is 0.224 e. The Balaban J connectivity index is 1.11. The van der Waals surface area contributed by atoms with Gasteiger partial charge in [-0.05, 0) is 72.2 Å². The standard InChI is InChI=1S/C28H36N2O4S/c31-18-24-15-23-17-30(11-13-35-26(23)16-25(24)19-32)27(33)6-10-29-8-4-20(5-9-29)14-22-3-1-2-21-7-12-34-28(21)22/h1-3,15-16,20,31-32H,4-14,17-19H2. The number of benzene rings is 2. The molecule has 2 aromatic carbocycles. The van der Waals surface area contributed by atoms with Crippen molar-refractivity contribution in [3.05, 3.63) is 58.1 Å². The van der Waals surface area contributed by atoms with Gasteiger partial charge in [0.2, 0.25) is 5.91 Å². The maximum Gasteiger partial charge on any atom is 0.224 e. The highest BCUT2D eigenvalue weighted by Crippen LogP contribution is 2.33. The van der Waals surface area contributed by atoms with Gasteiger partial charge in [-0.25, -0.2) is 0 Å². The number of para-hydroxylation sites is 1. The Bertz CT molecular complexity index is 1050. The summed E-state index contributed by atoms with van der Waals surface area (Å²) < 4.78 is 5.89. The number of hydrogen-bond acceptors (Lipinski definition) is 6. The Labute approximate surface area is 212 Å². The lowest BCUT2D eigenvalue weighted by atomic mass is 9.89. The molecule has 1 fully saturated rings. The number of rotatable bonds is 7. The first kappa shape index (κ1) is 24.6. The predicted molar refractivity (Wildman–Crippen MR) is 138 cm³/mol. The monoisotopic (exact) mass is 496 g/mol. The van der Waals surface area contributed by atoms with Crippen molar-refractivity contribution in [2.75, 3.05) is 38.5 Å². The molecule has 5 rings (SSSR count). The lowest BCUT2D eigenvalue weighted by Crippen LogP contribution is -2.38. The molecule has 2 aromatic rings. The largest absolute Gasteiger partial charge is 0.493 e. The van der Waals surface area contributed by atoms with Crippen molar-refractivity contribution >= 4 is 17.7 Å². The fraction of sp³-hybridized carbons (Fsp3) is 0.536. The van der Waals surface area contributed by atoms with E-state index in [0.29, 0.717) is 18.9 Å². The van der Waals surface area contributed by atoms with Crippen molar-refractivity contribution in [2.45, 2.75) is 56.8 Å². The van der Waals surface area contributed by atoms with Gasteiger partial charge in [0, 0.05) is 43.1 Å². The predicted octanol–water partition coefficient (Wildman–Crippen LogP) is 3.39. The summed E-state index contributed by atoms with van der Waals surface area (Å²) in [6, 6.07) is 10.5. The van der Waals surface area contributed by atoms with Crippen molar-refractivity contribution in [3.8, 4) is 5.75 Å². The highest BCUT2D eigenvalue weighted by atomic mass is 32.2. The highest BCUT2D eigenvalue weighted by Gasteiger charge is 2.25. The lowest BCUT2D eigenvalue weighted by molar-refractivity contribution is -0.132. The highest BCUT2D eigenvalue weighted by molar-refractivity contribution is 7.99. The maximum atomic E-state index is 13.1. The molecule has 3 aliphatic rings. The van der Waals surface area contributed by atoms with E-state index in [1.165, 1.54) is 24.0 Å². The van der Waals surface area contributed by atoms with Crippen LogP contribution in [0.25, 0.3) is 0 Å². The molecule has 35 heavy (non-hydrogen) atoms. The quantitative estimate of drug-likeness (QED) is 0.612. The SMILES string of the molecule is O=C(CCN1CCC(Cc2cccc3c2OCC3)CC1)N1CCSc2cc(CO)c(CO)cc2C1. The van der Waals surface area contributed by atoms with E-state index in [9.17, 15) is 15.0 Å². The van der Waals surface area contributed by atoms with Gasteiger partial charge in [-0.2, -0.15) is 0 Å². The van der Waals surface area contributed by atoms with Crippen molar-refractivity contribution in [1.29, 1.82) is 0 Å². The number of thioether (sulfide) groups is 1. The zero-order valence-corrected chi connectivity index (χ0v) is 21.2. The first-order chi connectivity index (χ1) is 17.1. The van der Waals surface area contributed by atoms with Crippen molar-refractivity contribution in [3.63, 3.8) is 0 Å². The molecule has 1 saturated heterocycles. The molecule has 0 bridgehead atoms. The molecule has 6 nitrogen and oxygen atoms in total. The van der Waals surface area contributed by atoms with Crippen LogP contribution in [0.3, 0.4) is 0 Å². The zero-order valence-electron chi connectivity index (χ0n) is 20.4. The van der Waals surface area contributed by atoms with Crippen molar-refractivity contribution in [1.82, 2.24) is 9.80 Å². The molecule has 2 N–H and O–H groups in total. The van der Waals surface area contributed by atoms with Crippen molar-refractivity contribution < 1.29 is 19.7 Å². The average Bonchev–Trinajstić information content (AvgIpc) is 3.28. The molecule has 0 aliphatic carbocycles. The lowest BCUT2D eigenvalue weighted by Gasteiger charge is -2.32. The van der Waals surface area contributed by atoms with Gasteiger partial charge < -0.3 is 24.7 Å². The van der Waals surface area contributed by atoms with Gasteiger partial charge in [0.05, 0.1) is 19.8 Å². The molecule has 0 spiro atoms. The van der Waals surface area contributed by atoms with Gasteiger partial charge in [-0.15, -0.1) is 11.8 Å². The maximum absolute atomic E-state index is 13.1. The number of carbonyl (C=O) groups excluding carboxylic acids is 1. The number of ether oxygens (including phenoxy) is 1. The van der Waals surface area contributed by atoms with Gasteiger partial charge >= 0.3 is 0 Å². The third-order valence-corrected chi connectivity index (χ3v) is 8.79. The molecule has 1 amide bonds. The van der Waals surface area contributed by atoms with Gasteiger partial charge in [0.1, 0.15) is 5.75 Å². The molecule has 3 heterocycles. The van der Waals surface area contributed by atoms with Gasteiger partial charge in [-0.1, -0.05) is 24.3 Å². The fourth-order valence-corrected chi connectivity index (χ4v) is 6.68. The van der Waals surface area contributed by atoms with E-state index in [4.69, 9.17) is 4.74 Å². The number of piperidine rings is 1. The minimum atomic E-state index is -0.0997. The Morgan fingerprint density at radius 1 is 1.03 bits per heavy atom. The van der Waals surface area contributed by atoms with Crippen LogP contribution in [0, 0.1) is 5.92 Å². The molecule has 0 unspecified atom stereocenters. The number of hydrogen-bond donors (Lipinski definition) is 2. The van der Waals surface area contributed by atoms with E-state index < -0.39 is 0 Å². The molecule has 0 atom stereocenters. The van der Waals surface area contributed by atoms with E-state index in [2.05, 4.69) is 23.1 Å². The summed E-state index contributed by atoms with van der Waals surface area (Å²) in [5, 5.41) is 19.2. The van der Waals surface area contributed by atoms with E-state index in [1.807, 2.05) is 17.0 Å². The van der Waals surface area contributed by atoms with Crippen LogP contribution in [0.2, 0.25) is 0 Å². The Hall–Kier alpha value is -2.06. The van der Waals surface area contributed by atoms with E-state index in [1.54, 1.807) is 11.8 Å². The number of amides is 1. The molecule has 0 radical (unpaired) electrons. The van der Waals surface area contributed by atoms with Crippen LogP contribution in [0.1, 0.15) is 47.1 Å². The number of aliphatic hydroxyl groups is 2. The number of aliphatic hydroxyl groups excluding tert-OH is 2. The molecule has 0 saturated carbocycles. The summed E-state index contributed by atoms with van der Waals surface area (Å²) >= 11 is 1.73. The van der Waals surface area contributed by atoms with E-state index in [-0.39, 0.29) is 19.1 Å². The van der Waals surface area contributed by atoms with Gasteiger partial charge in [0.15, 0.2) is 0 Å². The summed E-state index contributed by atoms with van der Waals surface area (Å²) in [6.45, 7) is 4.86. The molecular weight excluding hydrogens is 460 g/mol. The van der Waals surface area contributed by atoms with Crippen molar-refractivity contribution in [2.24, 2.45) is 5.92 Å². The van der Waals surface area contributed by atoms with Crippen LogP contribution in [0.4, 0.5) is 0 Å². The van der Waals surface area contributed by atoms with Crippen LogP contribution in [0.15, 0.2) is 35.2 Å².